The fourth-order valence-electron chi connectivity index (χ4n) is 1.30. The van der Waals surface area contributed by atoms with E-state index in [9.17, 15) is 5.11 Å². The van der Waals surface area contributed by atoms with Gasteiger partial charge >= 0.3 is 0 Å². The third-order valence-corrected chi connectivity index (χ3v) is 3.04. The van der Waals surface area contributed by atoms with E-state index in [1.165, 1.54) is 0 Å². The van der Waals surface area contributed by atoms with Crippen molar-refractivity contribution >= 4 is 15.9 Å². The fraction of sp³-hybridized carbons (Fsp3) is 0.625. The van der Waals surface area contributed by atoms with Gasteiger partial charge in [-0.2, -0.15) is 0 Å². The molecule has 1 unspecified atom stereocenters. The molecule has 0 spiro atoms. The van der Waals surface area contributed by atoms with Gasteiger partial charge in [0, 0.05) is 7.05 Å². The predicted octanol–water partition coefficient (Wildman–Crippen LogP) is 1.63. The Balaban J connectivity index is 2.25. The molecular weight excluding hydrogens is 220 g/mol. The molecule has 1 N–H and O–H groups in total. The van der Waals surface area contributed by atoms with Crippen molar-refractivity contribution in [3.63, 3.8) is 0 Å². The molecule has 0 aromatic carbocycles. The summed E-state index contributed by atoms with van der Waals surface area (Å²) < 4.78 is 2.79. The average Bonchev–Trinajstić information content (AvgIpc) is 2.82. The van der Waals surface area contributed by atoms with E-state index in [1.54, 1.807) is 6.20 Å². The summed E-state index contributed by atoms with van der Waals surface area (Å²) in [5, 5.41) is 9.75. The zero-order valence-electron chi connectivity index (χ0n) is 6.87. The van der Waals surface area contributed by atoms with Gasteiger partial charge < -0.3 is 9.67 Å². The lowest BCUT2D eigenvalue weighted by Crippen LogP contribution is -2.07. The number of nitrogens with zero attached hydrogens (tertiary/aromatic N) is 2. The van der Waals surface area contributed by atoms with E-state index in [0.717, 1.165) is 23.3 Å². The molecule has 0 bridgehead atoms. The van der Waals surface area contributed by atoms with Gasteiger partial charge in [-0.15, -0.1) is 0 Å². The topological polar surface area (TPSA) is 38.0 Å². The highest BCUT2D eigenvalue weighted by molar-refractivity contribution is 9.10. The van der Waals surface area contributed by atoms with Crippen molar-refractivity contribution in [1.29, 1.82) is 0 Å². The van der Waals surface area contributed by atoms with Crippen LogP contribution >= 0.6 is 15.9 Å². The van der Waals surface area contributed by atoms with E-state index in [4.69, 9.17) is 0 Å². The van der Waals surface area contributed by atoms with Gasteiger partial charge in [0.05, 0.1) is 6.20 Å². The maximum atomic E-state index is 9.75. The van der Waals surface area contributed by atoms with Crippen LogP contribution in [0.25, 0.3) is 0 Å². The molecular formula is C8H11BrN2O. The number of aromatic nitrogens is 2. The first kappa shape index (κ1) is 8.26. The number of rotatable bonds is 2. The minimum Gasteiger partial charge on any atom is -0.385 e. The Morgan fingerprint density at radius 2 is 2.42 bits per heavy atom. The summed E-state index contributed by atoms with van der Waals surface area (Å²) in [7, 11) is 1.90. The van der Waals surface area contributed by atoms with Crippen LogP contribution in [-0.2, 0) is 7.05 Å². The summed E-state index contributed by atoms with van der Waals surface area (Å²) >= 11 is 3.34. The molecule has 2 rings (SSSR count). The Morgan fingerprint density at radius 1 is 1.75 bits per heavy atom. The van der Waals surface area contributed by atoms with Crippen molar-refractivity contribution in [3.8, 4) is 0 Å². The van der Waals surface area contributed by atoms with Crippen LogP contribution in [0.2, 0.25) is 0 Å². The average molecular weight is 231 g/mol. The molecule has 1 atom stereocenters. The van der Waals surface area contributed by atoms with Gasteiger partial charge in [0.15, 0.2) is 0 Å². The Hall–Kier alpha value is -0.350. The zero-order valence-corrected chi connectivity index (χ0v) is 8.45. The second-order valence-electron chi connectivity index (χ2n) is 3.28. The van der Waals surface area contributed by atoms with E-state index in [1.807, 2.05) is 11.6 Å². The molecule has 3 nitrogen and oxygen atoms in total. The van der Waals surface area contributed by atoms with Crippen molar-refractivity contribution in [3.05, 3.63) is 16.6 Å². The van der Waals surface area contributed by atoms with E-state index in [-0.39, 0.29) is 6.10 Å². The largest absolute Gasteiger partial charge is 0.385 e. The van der Waals surface area contributed by atoms with Crippen molar-refractivity contribution in [2.24, 2.45) is 13.0 Å². The molecule has 0 amide bonds. The van der Waals surface area contributed by atoms with Crippen LogP contribution in [0.1, 0.15) is 24.8 Å². The van der Waals surface area contributed by atoms with Gasteiger partial charge in [-0.05, 0) is 34.7 Å². The van der Waals surface area contributed by atoms with Crippen LogP contribution in [0, 0.1) is 5.92 Å². The standard InChI is InChI=1S/C8H11BrN2O/c1-11-6(9)4-10-8(11)7(12)5-2-3-5/h4-5,7,12H,2-3H2,1H3. The van der Waals surface area contributed by atoms with Crippen LogP contribution in [0.4, 0.5) is 0 Å². The number of hydrogen-bond acceptors (Lipinski definition) is 2. The van der Waals surface area contributed by atoms with Crippen molar-refractivity contribution < 1.29 is 5.11 Å². The molecule has 0 radical (unpaired) electrons. The van der Waals surface area contributed by atoms with E-state index in [0.29, 0.717) is 5.92 Å². The van der Waals surface area contributed by atoms with Gasteiger partial charge in [-0.1, -0.05) is 0 Å². The van der Waals surface area contributed by atoms with Crippen LogP contribution < -0.4 is 0 Å². The van der Waals surface area contributed by atoms with Crippen molar-refractivity contribution in [2.45, 2.75) is 18.9 Å². The lowest BCUT2D eigenvalue weighted by Gasteiger charge is -2.08. The number of aliphatic hydroxyl groups excluding tert-OH is 1. The normalized spacial score (nSPS) is 19.6. The Morgan fingerprint density at radius 3 is 2.83 bits per heavy atom. The van der Waals surface area contributed by atoms with Crippen LogP contribution in [-0.4, -0.2) is 14.7 Å². The summed E-state index contributed by atoms with van der Waals surface area (Å²) in [6.07, 6.45) is 3.61. The lowest BCUT2D eigenvalue weighted by molar-refractivity contribution is 0.140. The van der Waals surface area contributed by atoms with Gasteiger partial charge in [0.1, 0.15) is 16.5 Å². The van der Waals surface area contributed by atoms with Crippen molar-refractivity contribution in [1.82, 2.24) is 9.55 Å². The maximum absolute atomic E-state index is 9.75. The highest BCUT2D eigenvalue weighted by Gasteiger charge is 2.33. The SMILES string of the molecule is Cn1c(Br)cnc1C(O)C1CC1. The van der Waals surface area contributed by atoms with Gasteiger partial charge in [-0.3, -0.25) is 0 Å². The van der Waals surface area contributed by atoms with Crippen LogP contribution in [0.15, 0.2) is 10.8 Å². The lowest BCUT2D eigenvalue weighted by atomic mass is 10.2. The smallest absolute Gasteiger partial charge is 0.138 e. The molecule has 1 heterocycles. The van der Waals surface area contributed by atoms with Crippen molar-refractivity contribution in [2.75, 3.05) is 0 Å². The van der Waals surface area contributed by atoms with Gasteiger partial charge in [0.2, 0.25) is 0 Å². The summed E-state index contributed by atoms with van der Waals surface area (Å²) in [5.74, 6) is 1.21. The molecule has 1 aliphatic carbocycles. The first-order valence-electron chi connectivity index (χ1n) is 4.05. The quantitative estimate of drug-likeness (QED) is 0.839. The Labute approximate surface area is 79.6 Å². The zero-order chi connectivity index (χ0) is 8.72. The summed E-state index contributed by atoms with van der Waals surface area (Å²) in [5.41, 5.74) is 0. The summed E-state index contributed by atoms with van der Waals surface area (Å²) in [6, 6.07) is 0. The fourth-order valence-corrected chi connectivity index (χ4v) is 1.58. The number of aliphatic hydroxyl groups is 1. The first-order chi connectivity index (χ1) is 5.70. The number of hydrogen-bond donors (Lipinski definition) is 1. The second kappa shape index (κ2) is 2.85. The molecule has 0 aliphatic heterocycles. The van der Waals surface area contributed by atoms with Gasteiger partial charge in [0.25, 0.3) is 0 Å². The third-order valence-electron chi connectivity index (χ3n) is 2.30. The van der Waals surface area contributed by atoms with Crippen LogP contribution in [0.5, 0.6) is 0 Å². The molecule has 12 heavy (non-hydrogen) atoms. The molecule has 66 valence electrons. The molecule has 0 saturated heterocycles. The second-order valence-corrected chi connectivity index (χ2v) is 4.09. The first-order valence-corrected chi connectivity index (χ1v) is 4.84. The van der Waals surface area contributed by atoms with Gasteiger partial charge in [-0.25, -0.2) is 4.98 Å². The molecule has 1 saturated carbocycles. The van der Waals surface area contributed by atoms with E-state index in [2.05, 4.69) is 20.9 Å². The van der Waals surface area contributed by atoms with E-state index >= 15 is 0 Å². The molecule has 1 aromatic heterocycles. The molecule has 1 aliphatic rings. The Bertz CT molecular complexity index is 293. The summed E-state index contributed by atoms with van der Waals surface area (Å²) in [6.45, 7) is 0. The third kappa shape index (κ3) is 1.29. The maximum Gasteiger partial charge on any atom is 0.138 e. The highest BCUT2D eigenvalue weighted by atomic mass is 79.9. The highest BCUT2D eigenvalue weighted by Crippen LogP contribution is 2.40. The number of halogens is 1. The summed E-state index contributed by atoms with van der Waals surface area (Å²) in [4.78, 5) is 4.14. The molecule has 1 aromatic rings. The number of imidazole rings is 1. The minimum absolute atomic E-state index is 0.374. The van der Waals surface area contributed by atoms with Crippen LogP contribution in [0.3, 0.4) is 0 Å². The Kier molecular flexibility index (Phi) is 1.96. The monoisotopic (exact) mass is 230 g/mol. The molecule has 1 fully saturated rings. The van der Waals surface area contributed by atoms with E-state index < -0.39 is 0 Å². The predicted molar refractivity (Wildman–Crippen MR) is 48.6 cm³/mol. The molecule has 4 heteroatoms. The minimum atomic E-state index is -0.374.